The smallest absolute Gasteiger partial charge is 0.372 e. The molecular formula is C23H16F4N2O3. The maximum Gasteiger partial charge on any atom is 0.418 e. The van der Waals surface area contributed by atoms with E-state index >= 15 is 0 Å². The molecule has 1 aliphatic rings. The molecule has 0 bridgehead atoms. The molecule has 1 atom stereocenters. The number of carbonyl (C=O) groups excluding carboxylic acids is 2. The Morgan fingerprint density at radius 3 is 2.41 bits per heavy atom. The molecule has 9 heteroatoms. The van der Waals surface area contributed by atoms with Gasteiger partial charge in [-0.05, 0) is 30.3 Å². The van der Waals surface area contributed by atoms with Gasteiger partial charge in [-0.15, -0.1) is 0 Å². The van der Waals surface area contributed by atoms with Gasteiger partial charge < -0.3 is 10.4 Å². The Balaban J connectivity index is 1.66. The van der Waals surface area contributed by atoms with E-state index in [1.807, 2.05) is 0 Å². The SMILES string of the molecule is O=C(CN1C(=O)C(O)(c2cccc(F)c2)c2ccccc21)Nc1ccccc1C(F)(F)F. The number of carbonyl (C=O) groups is 2. The van der Waals surface area contributed by atoms with Crippen molar-refractivity contribution in [3.05, 3.63) is 95.3 Å². The van der Waals surface area contributed by atoms with E-state index in [-0.39, 0.29) is 16.8 Å². The highest BCUT2D eigenvalue weighted by atomic mass is 19.4. The van der Waals surface area contributed by atoms with Crippen LogP contribution in [0.3, 0.4) is 0 Å². The normalized spacial score (nSPS) is 17.9. The van der Waals surface area contributed by atoms with Crippen LogP contribution in [0, 0.1) is 5.82 Å². The van der Waals surface area contributed by atoms with Gasteiger partial charge >= 0.3 is 6.18 Å². The number of fused-ring (bicyclic) bond motifs is 1. The van der Waals surface area contributed by atoms with Gasteiger partial charge in [0.2, 0.25) is 5.91 Å². The molecule has 4 rings (SSSR count). The van der Waals surface area contributed by atoms with Crippen LogP contribution in [0.25, 0.3) is 0 Å². The number of amides is 2. The Kier molecular flexibility index (Phi) is 5.21. The van der Waals surface area contributed by atoms with Crippen molar-refractivity contribution < 1.29 is 32.3 Å². The second kappa shape index (κ2) is 7.76. The predicted molar refractivity (Wildman–Crippen MR) is 108 cm³/mol. The van der Waals surface area contributed by atoms with Gasteiger partial charge in [-0.1, -0.05) is 42.5 Å². The third-order valence-electron chi connectivity index (χ3n) is 5.19. The summed E-state index contributed by atoms with van der Waals surface area (Å²) in [4.78, 5) is 26.8. The molecule has 32 heavy (non-hydrogen) atoms. The molecule has 0 saturated heterocycles. The largest absolute Gasteiger partial charge is 0.418 e. The van der Waals surface area contributed by atoms with Gasteiger partial charge in [0.05, 0.1) is 16.9 Å². The fourth-order valence-electron chi connectivity index (χ4n) is 3.76. The minimum atomic E-state index is -4.68. The first-order valence-corrected chi connectivity index (χ1v) is 9.48. The zero-order chi connectivity index (χ0) is 23.1. The number of nitrogens with one attached hydrogen (secondary N) is 1. The summed E-state index contributed by atoms with van der Waals surface area (Å²) >= 11 is 0. The molecule has 0 spiro atoms. The number of nitrogens with zero attached hydrogens (tertiary/aromatic N) is 1. The number of anilines is 2. The summed E-state index contributed by atoms with van der Waals surface area (Å²) in [5.74, 6) is -2.47. The molecule has 0 aromatic heterocycles. The molecule has 0 radical (unpaired) electrons. The molecule has 5 nitrogen and oxygen atoms in total. The van der Waals surface area contributed by atoms with E-state index in [1.54, 1.807) is 12.1 Å². The van der Waals surface area contributed by atoms with Crippen LogP contribution in [0.2, 0.25) is 0 Å². The van der Waals surface area contributed by atoms with Crippen LogP contribution < -0.4 is 10.2 Å². The number of hydrogen-bond donors (Lipinski definition) is 2. The number of hydrogen-bond acceptors (Lipinski definition) is 3. The van der Waals surface area contributed by atoms with Crippen LogP contribution in [-0.2, 0) is 21.4 Å². The van der Waals surface area contributed by atoms with Crippen LogP contribution in [0.15, 0.2) is 72.8 Å². The van der Waals surface area contributed by atoms with E-state index in [9.17, 15) is 32.3 Å². The quantitative estimate of drug-likeness (QED) is 0.597. The van der Waals surface area contributed by atoms with Gasteiger partial charge in [-0.25, -0.2) is 4.39 Å². The van der Waals surface area contributed by atoms with Crippen LogP contribution in [0.1, 0.15) is 16.7 Å². The monoisotopic (exact) mass is 444 g/mol. The van der Waals surface area contributed by atoms with Crippen molar-refractivity contribution in [2.75, 3.05) is 16.8 Å². The molecule has 1 unspecified atom stereocenters. The van der Waals surface area contributed by atoms with E-state index < -0.39 is 47.2 Å². The zero-order valence-electron chi connectivity index (χ0n) is 16.4. The van der Waals surface area contributed by atoms with Crippen molar-refractivity contribution >= 4 is 23.2 Å². The van der Waals surface area contributed by atoms with Crippen LogP contribution in [-0.4, -0.2) is 23.5 Å². The number of halogens is 4. The van der Waals surface area contributed by atoms with Crippen molar-refractivity contribution in [3.63, 3.8) is 0 Å². The number of benzene rings is 3. The molecule has 2 N–H and O–H groups in total. The predicted octanol–water partition coefficient (Wildman–Crippen LogP) is 4.07. The summed E-state index contributed by atoms with van der Waals surface area (Å²) in [6, 6.07) is 15.4. The van der Waals surface area contributed by atoms with Crippen LogP contribution >= 0.6 is 0 Å². The molecule has 164 valence electrons. The van der Waals surface area contributed by atoms with Crippen LogP contribution in [0.5, 0.6) is 0 Å². The lowest BCUT2D eigenvalue weighted by atomic mass is 9.87. The Hall–Kier alpha value is -3.72. The van der Waals surface area contributed by atoms with Gasteiger partial charge in [-0.3, -0.25) is 14.5 Å². The van der Waals surface area contributed by atoms with Gasteiger partial charge in [0.15, 0.2) is 5.60 Å². The molecule has 2 amide bonds. The van der Waals surface area contributed by atoms with E-state index in [2.05, 4.69) is 5.32 Å². The Morgan fingerprint density at radius 2 is 1.69 bits per heavy atom. The minimum absolute atomic E-state index is 0.0275. The summed E-state index contributed by atoms with van der Waals surface area (Å²) in [5, 5.41) is 13.5. The fraction of sp³-hybridized carbons (Fsp3) is 0.130. The number of aliphatic hydroxyl groups is 1. The molecule has 1 heterocycles. The van der Waals surface area contributed by atoms with Gasteiger partial charge in [0.25, 0.3) is 5.91 Å². The number of rotatable bonds is 4. The lowest BCUT2D eigenvalue weighted by Gasteiger charge is -2.23. The second-order valence-corrected chi connectivity index (χ2v) is 7.22. The van der Waals surface area contributed by atoms with Crippen molar-refractivity contribution in [1.82, 2.24) is 0 Å². The van der Waals surface area contributed by atoms with E-state index in [0.29, 0.717) is 0 Å². The fourth-order valence-corrected chi connectivity index (χ4v) is 3.76. The first-order chi connectivity index (χ1) is 15.1. The molecule has 0 aliphatic carbocycles. The highest BCUT2D eigenvalue weighted by molar-refractivity contribution is 6.12. The third-order valence-corrected chi connectivity index (χ3v) is 5.19. The summed E-state index contributed by atoms with van der Waals surface area (Å²) in [5.41, 5.74) is -3.42. The first kappa shape index (κ1) is 21.5. The molecule has 0 fully saturated rings. The van der Waals surface area contributed by atoms with Crippen molar-refractivity contribution in [2.45, 2.75) is 11.8 Å². The molecule has 3 aromatic rings. The number of alkyl halides is 3. The average Bonchev–Trinajstić information content (AvgIpc) is 2.96. The highest BCUT2D eigenvalue weighted by Gasteiger charge is 2.51. The van der Waals surface area contributed by atoms with E-state index in [0.717, 1.165) is 29.2 Å². The van der Waals surface area contributed by atoms with Crippen LogP contribution in [0.4, 0.5) is 28.9 Å². The average molecular weight is 444 g/mol. The Labute approximate surface area is 179 Å². The Bertz CT molecular complexity index is 1210. The molecule has 1 aliphatic heterocycles. The van der Waals surface area contributed by atoms with Crippen molar-refractivity contribution in [1.29, 1.82) is 0 Å². The van der Waals surface area contributed by atoms with Crippen molar-refractivity contribution in [3.8, 4) is 0 Å². The summed E-state index contributed by atoms with van der Waals surface area (Å²) in [6.07, 6.45) is -4.68. The van der Waals surface area contributed by atoms with E-state index in [1.165, 1.54) is 36.4 Å². The summed E-state index contributed by atoms with van der Waals surface area (Å²) < 4.78 is 53.4. The minimum Gasteiger partial charge on any atom is -0.372 e. The Morgan fingerprint density at radius 1 is 1.00 bits per heavy atom. The van der Waals surface area contributed by atoms with Gasteiger partial charge in [-0.2, -0.15) is 13.2 Å². The van der Waals surface area contributed by atoms with Gasteiger partial charge in [0, 0.05) is 11.1 Å². The van der Waals surface area contributed by atoms with Crippen molar-refractivity contribution in [2.24, 2.45) is 0 Å². The number of para-hydroxylation sites is 2. The topological polar surface area (TPSA) is 69.6 Å². The summed E-state index contributed by atoms with van der Waals surface area (Å²) in [6.45, 7) is -0.653. The summed E-state index contributed by atoms with van der Waals surface area (Å²) in [7, 11) is 0. The molecule has 0 saturated carbocycles. The third kappa shape index (κ3) is 3.60. The highest BCUT2D eigenvalue weighted by Crippen LogP contribution is 2.44. The maximum absolute atomic E-state index is 13.8. The molecule has 3 aromatic carbocycles. The second-order valence-electron chi connectivity index (χ2n) is 7.22. The maximum atomic E-state index is 13.8. The first-order valence-electron chi connectivity index (χ1n) is 9.48. The molecular weight excluding hydrogens is 428 g/mol. The lowest BCUT2D eigenvalue weighted by molar-refractivity contribution is -0.137. The van der Waals surface area contributed by atoms with E-state index in [4.69, 9.17) is 0 Å². The lowest BCUT2D eigenvalue weighted by Crippen LogP contribution is -2.44. The standard InChI is InChI=1S/C23H16F4N2O3/c24-15-7-5-6-14(12-15)22(32)17-9-2-4-11-19(17)29(21(22)31)13-20(30)28-18-10-3-1-8-16(18)23(25,26)27/h1-12,32H,13H2,(H,28,30). The zero-order valence-corrected chi connectivity index (χ0v) is 16.4. The van der Waals surface area contributed by atoms with Gasteiger partial charge in [0.1, 0.15) is 12.4 Å².